The maximum Gasteiger partial charge on any atom is 0.223 e. The van der Waals surface area contributed by atoms with Gasteiger partial charge in [-0.1, -0.05) is 0 Å². The number of carbonyl (C=O) groups excluding carboxylic acids is 1. The quantitative estimate of drug-likeness (QED) is 0.899. The molecule has 2 heterocycles. The summed E-state index contributed by atoms with van der Waals surface area (Å²) in [5, 5.41) is 3.47. The Morgan fingerprint density at radius 2 is 2.11 bits per heavy atom. The zero-order chi connectivity index (χ0) is 13.8. The summed E-state index contributed by atoms with van der Waals surface area (Å²) < 4.78 is 0. The number of likely N-dealkylation sites (tertiary alicyclic amines) is 1. The van der Waals surface area contributed by atoms with Gasteiger partial charge in [0, 0.05) is 41.9 Å². The number of nitrogens with one attached hydrogen (secondary N) is 1. The van der Waals surface area contributed by atoms with Crippen molar-refractivity contribution in [2.24, 2.45) is 0 Å². The molecule has 0 saturated carbocycles. The van der Waals surface area contributed by atoms with Crippen molar-refractivity contribution in [1.82, 2.24) is 10.2 Å². The second-order valence-corrected chi connectivity index (χ2v) is 6.84. The van der Waals surface area contributed by atoms with Crippen molar-refractivity contribution in [3.05, 3.63) is 21.4 Å². The van der Waals surface area contributed by atoms with Crippen LogP contribution in [0.4, 0.5) is 0 Å². The molecule has 0 spiro atoms. The van der Waals surface area contributed by atoms with E-state index in [0.29, 0.717) is 18.4 Å². The van der Waals surface area contributed by atoms with E-state index in [0.717, 1.165) is 19.6 Å². The Morgan fingerprint density at radius 3 is 2.68 bits per heavy atom. The molecule has 3 nitrogen and oxygen atoms in total. The first-order valence-corrected chi connectivity index (χ1v) is 7.97. The van der Waals surface area contributed by atoms with E-state index in [1.807, 2.05) is 16.2 Å². The van der Waals surface area contributed by atoms with Gasteiger partial charge in [0.1, 0.15) is 0 Å². The maximum absolute atomic E-state index is 11.9. The van der Waals surface area contributed by atoms with Gasteiger partial charge < -0.3 is 10.2 Å². The van der Waals surface area contributed by atoms with Crippen LogP contribution in [0.25, 0.3) is 0 Å². The van der Waals surface area contributed by atoms with E-state index in [1.165, 1.54) is 28.2 Å². The van der Waals surface area contributed by atoms with Gasteiger partial charge in [-0.3, -0.25) is 4.79 Å². The van der Waals surface area contributed by atoms with E-state index >= 15 is 0 Å². The van der Waals surface area contributed by atoms with Crippen molar-refractivity contribution in [1.29, 1.82) is 0 Å². The van der Waals surface area contributed by atoms with E-state index in [4.69, 9.17) is 0 Å². The minimum Gasteiger partial charge on any atom is -0.343 e. The van der Waals surface area contributed by atoms with Crippen molar-refractivity contribution in [3.63, 3.8) is 0 Å². The van der Waals surface area contributed by atoms with Crippen LogP contribution in [0.1, 0.15) is 47.5 Å². The summed E-state index contributed by atoms with van der Waals surface area (Å²) in [7, 11) is 0. The normalized spacial score (nSPS) is 16.9. The van der Waals surface area contributed by atoms with Gasteiger partial charge in [-0.25, -0.2) is 0 Å². The number of rotatable bonds is 5. The highest BCUT2D eigenvalue weighted by atomic mass is 32.1. The van der Waals surface area contributed by atoms with Crippen molar-refractivity contribution in [3.8, 4) is 0 Å². The number of hydrogen-bond donors (Lipinski definition) is 1. The summed E-state index contributed by atoms with van der Waals surface area (Å²) >= 11 is 1.84. The third kappa shape index (κ3) is 3.80. The van der Waals surface area contributed by atoms with Crippen LogP contribution in [0, 0.1) is 13.8 Å². The predicted octanol–water partition coefficient (Wildman–Crippen LogP) is 3.03. The number of nitrogens with zero attached hydrogens (tertiary/aromatic N) is 1. The lowest BCUT2D eigenvalue weighted by atomic mass is 10.1. The van der Waals surface area contributed by atoms with Crippen LogP contribution < -0.4 is 5.32 Å². The average Bonchev–Trinajstić information content (AvgIpc) is 2.98. The molecule has 0 aromatic carbocycles. The molecule has 1 aromatic rings. The maximum atomic E-state index is 11.9. The van der Waals surface area contributed by atoms with Crippen LogP contribution in [0.3, 0.4) is 0 Å². The number of thiophene rings is 1. The molecule has 1 unspecified atom stereocenters. The second-order valence-electron chi connectivity index (χ2n) is 5.38. The summed E-state index contributed by atoms with van der Waals surface area (Å²) in [4.78, 5) is 16.6. The molecule has 0 aliphatic carbocycles. The fraction of sp³-hybridized carbons (Fsp3) is 0.667. The first kappa shape index (κ1) is 14.5. The highest BCUT2D eigenvalue weighted by Crippen LogP contribution is 2.26. The highest BCUT2D eigenvalue weighted by molar-refractivity contribution is 7.12. The molecule has 0 radical (unpaired) electrons. The summed E-state index contributed by atoms with van der Waals surface area (Å²) in [5.74, 6) is 0.301. The van der Waals surface area contributed by atoms with Crippen LogP contribution >= 0.6 is 11.3 Å². The van der Waals surface area contributed by atoms with Gasteiger partial charge >= 0.3 is 0 Å². The first-order chi connectivity index (χ1) is 9.08. The van der Waals surface area contributed by atoms with Crippen molar-refractivity contribution in [2.45, 2.75) is 46.1 Å². The summed E-state index contributed by atoms with van der Waals surface area (Å²) in [6.07, 6.45) is 2.96. The lowest BCUT2D eigenvalue weighted by molar-refractivity contribution is -0.130. The molecule has 19 heavy (non-hydrogen) atoms. The average molecular weight is 280 g/mol. The van der Waals surface area contributed by atoms with E-state index in [1.54, 1.807) is 0 Å². The van der Waals surface area contributed by atoms with E-state index in [2.05, 4.69) is 32.2 Å². The van der Waals surface area contributed by atoms with Crippen LogP contribution in [0.2, 0.25) is 0 Å². The van der Waals surface area contributed by atoms with E-state index < -0.39 is 0 Å². The third-order valence-corrected chi connectivity index (χ3v) is 4.78. The van der Waals surface area contributed by atoms with Crippen LogP contribution in [0.5, 0.6) is 0 Å². The number of aryl methyl sites for hydroxylation is 2. The zero-order valence-corrected chi connectivity index (χ0v) is 13.0. The van der Waals surface area contributed by atoms with Gasteiger partial charge in [0.05, 0.1) is 0 Å². The van der Waals surface area contributed by atoms with Gasteiger partial charge in [0.25, 0.3) is 0 Å². The number of carbonyl (C=O) groups is 1. The Bertz CT molecular complexity index is 435. The topological polar surface area (TPSA) is 32.3 Å². The fourth-order valence-corrected chi connectivity index (χ4v) is 3.73. The molecule has 106 valence electrons. The van der Waals surface area contributed by atoms with Crippen LogP contribution in [-0.2, 0) is 4.79 Å². The molecule has 2 rings (SSSR count). The lowest BCUT2D eigenvalue weighted by Gasteiger charge is -2.17. The Balaban J connectivity index is 1.76. The molecule has 1 atom stereocenters. The zero-order valence-electron chi connectivity index (χ0n) is 12.2. The molecule has 0 bridgehead atoms. The number of amides is 1. The van der Waals surface area contributed by atoms with Crippen molar-refractivity contribution in [2.75, 3.05) is 19.6 Å². The SMILES string of the molecule is Cc1cc(C(C)NCCC(=O)N2CCCC2)c(C)s1. The Kier molecular flexibility index (Phi) is 4.99. The Hall–Kier alpha value is -0.870. The summed E-state index contributed by atoms with van der Waals surface area (Å²) in [5.41, 5.74) is 1.37. The van der Waals surface area contributed by atoms with Gasteiger partial charge in [0.15, 0.2) is 0 Å². The molecule has 4 heteroatoms. The standard InChI is InChI=1S/C15H24N2OS/c1-11-10-14(13(3)19-11)12(2)16-7-6-15(18)17-8-4-5-9-17/h10,12,16H,4-9H2,1-3H3. The molecule has 1 aliphatic heterocycles. The summed E-state index contributed by atoms with van der Waals surface area (Å²) in [6.45, 7) is 9.17. The monoisotopic (exact) mass is 280 g/mol. The van der Waals surface area contributed by atoms with E-state index in [-0.39, 0.29) is 0 Å². The molecular weight excluding hydrogens is 256 g/mol. The largest absolute Gasteiger partial charge is 0.343 e. The smallest absolute Gasteiger partial charge is 0.223 e. The Labute approximate surface area is 120 Å². The Morgan fingerprint density at radius 1 is 1.42 bits per heavy atom. The highest BCUT2D eigenvalue weighted by Gasteiger charge is 2.17. The van der Waals surface area contributed by atoms with Gasteiger partial charge in [-0.15, -0.1) is 11.3 Å². The fourth-order valence-electron chi connectivity index (χ4n) is 2.71. The molecule has 1 fully saturated rings. The number of hydrogen-bond acceptors (Lipinski definition) is 3. The summed E-state index contributed by atoms with van der Waals surface area (Å²) in [6, 6.07) is 2.58. The molecule has 1 N–H and O–H groups in total. The van der Waals surface area contributed by atoms with Crippen LogP contribution in [0.15, 0.2) is 6.07 Å². The lowest BCUT2D eigenvalue weighted by Crippen LogP contribution is -2.31. The van der Waals surface area contributed by atoms with Gasteiger partial charge in [-0.05, 0) is 45.2 Å². The third-order valence-electron chi connectivity index (χ3n) is 3.79. The first-order valence-electron chi connectivity index (χ1n) is 7.16. The molecule has 1 aliphatic rings. The van der Waals surface area contributed by atoms with Crippen molar-refractivity contribution >= 4 is 17.2 Å². The molecule has 1 amide bonds. The van der Waals surface area contributed by atoms with Crippen molar-refractivity contribution < 1.29 is 4.79 Å². The molecule has 1 aromatic heterocycles. The van der Waals surface area contributed by atoms with Gasteiger partial charge in [0.2, 0.25) is 5.91 Å². The van der Waals surface area contributed by atoms with Gasteiger partial charge in [-0.2, -0.15) is 0 Å². The predicted molar refractivity (Wildman–Crippen MR) is 80.6 cm³/mol. The molecular formula is C15H24N2OS. The molecule has 1 saturated heterocycles. The minimum absolute atomic E-state index is 0.301. The van der Waals surface area contributed by atoms with E-state index in [9.17, 15) is 4.79 Å². The second kappa shape index (κ2) is 6.53. The minimum atomic E-state index is 0.301. The van der Waals surface area contributed by atoms with Crippen LogP contribution in [-0.4, -0.2) is 30.4 Å².